The molecule has 2 nitrogen and oxygen atoms in total. The van der Waals surface area contributed by atoms with Crippen molar-refractivity contribution in [3.8, 4) is 0 Å². The Balaban J connectivity index is 3.15. The van der Waals surface area contributed by atoms with Crippen molar-refractivity contribution in [1.29, 1.82) is 0 Å². The zero-order chi connectivity index (χ0) is 17.9. The first-order valence-electron chi connectivity index (χ1n) is 10.8. The van der Waals surface area contributed by atoms with Crippen LogP contribution in [0.3, 0.4) is 0 Å². The molecule has 0 aliphatic heterocycles. The van der Waals surface area contributed by atoms with Crippen LogP contribution in [-0.4, -0.2) is 17.2 Å². The molecule has 0 amide bonds. The van der Waals surface area contributed by atoms with Gasteiger partial charge >= 0.3 is 0 Å². The third kappa shape index (κ3) is 18.6. The molecule has 3 heteroatoms. The number of rotatable bonds is 19. The first kappa shape index (κ1) is 24.3. The molecule has 0 aliphatic rings. The Bertz CT molecular complexity index is 244. The van der Waals surface area contributed by atoms with Gasteiger partial charge in [0.15, 0.2) is 0 Å². The summed E-state index contributed by atoms with van der Waals surface area (Å²) in [6, 6.07) is 0. The van der Waals surface area contributed by atoms with E-state index < -0.39 is 0 Å². The first-order chi connectivity index (χ1) is 11.6. The summed E-state index contributed by atoms with van der Waals surface area (Å²) in [7, 11) is 0. The van der Waals surface area contributed by atoms with Gasteiger partial charge in [0.1, 0.15) is 0 Å². The molecule has 146 valence electrons. The Morgan fingerprint density at radius 1 is 0.667 bits per heavy atom. The lowest BCUT2D eigenvalue weighted by atomic mass is 10.0. The van der Waals surface area contributed by atoms with Gasteiger partial charge in [-0.1, -0.05) is 103 Å². The van der Waals surface area contributed by atoms with E-state index in [1.165, 1.54) is 96.3 Å². The standard InChI is InChI=1S/C21H46N2S/c1-3-4-5-6-7-8-9-10-11-12-13-14-15-16-17-18-21(2,23)24-20-19-22/h3-20,22-23H2,1-2H3. The molecular weight excluding hydrogens is 312 g/mol. The zero-order valence-electron chi connectivity index (χ0n) is 16.8. The molecular formula is C21H46N2S. The maximum absolute atomic E-state index is 6.26. The fraction of sp³-hybridized carbons (Fsp3) is 1.00. The summed E-state index contributed by atoms with van der Waals surface area (Å²) in [4.78, 5) is -0.0735. The summed E-state index contributed by atoms with van der Waals surface area (Å²) in [6.07, 6.45) is 22.4. The molecule has 0 rings (SSSR count). The fourth-order valence-corrected chi connectivity index (χ4v) is 4.08. The van der Waals surface area contributed by atoms with E-state index in [1.54, 1.807) is 0 Å². The van der Waals surface area contributed by atoms with Gasteiger partial charge in [-0.15, -0.1) is 11.8 Å². The van der Waals surface area contributed by atoms with Crippen LogP contribution in [0.1, 0.15) is 117 Å². The van der Waals surface area contributed by atoms with Crippen LogP contribution in [0, 0.1) is 0 Å². The highest BCUT2D eigenvalue weighted by atomic mass is 32.2. The maximum atomic E-state index is 6.26. The van der Waals surface area contributed by atoms with E-state index in [2.05, 4.69) is 13.8 Å². The molecule has 0 saturated heterocycles. The first-order valence-corrected chi connectivity index (χ1v) is 11.7. The highest BCUT2D eigenvalue weighted by Crippen LogP contribution is 2.25. The number of thioether (sulfide) groups is 1. The van der Waals surface area contributed by atoms with Crippen LogP contribution >= 0.6 is 11.8 Å². The second-order valence-corrected chi connectivity index (χ2v) is 9.28. The molecule has 1 atom stereocenters. The number of hydrogen-bond acceptors (Lipinski definition) is 3. The van der Waals surface area contributed by atoms with Gasteiger partial charge in [0.2, 0.25) is 0 Å². The Morgan fingerprint density at radius 3 is 1.42 bits per heavy atom. The van der Waals surface area contributed by atoms with Crippen molar-refractivity contribution in [3.63, 3.8) is 0 Å². The molecule has 0 aromatic rings. The van der Waals surface area contributed by atoms with Crippen molar-refractivity contribution >= 4 is 11.8 Å². The molecule has 24 heavy (non-hydrogen) atoms. The molecule has 0 radical (unpaired) electrons. The van der Waals surface area contributed by atoms with Crippen LogP contribution < -0.4 is 11.5 Å². The number of unbranched alkanes of at least 4 members (excludes halogenated alkanes) is 14. The van der Waals surface area contributed by atoms with E-state index >= 15 is 0 Å². The van der Waals surface area contributed by atoms with Crippen LogP contribution in [0.25, 0.3) is 0 Å². The van der Waals surface area contributed by atoms with Crippen molar-refractivity contribution in [2.24, 2.45) is 11.5 Å². The molecule has 0 heterocycles. The van der Waals surface area contributed by atoms with Crippen molar-refractivity contribution in [3.05, 3.63) is 0 Å². The van der Waals surface area contributed by atoms with Crippen LogP contribution in [0.5, 0.6) is 0 Å². The van der Waals surface area contributed by atoms with E-state index in [4.69, 9.17) is 11.5 Å². The largest absolute Gasteiger partial charge is 0.330 e. The van der Waals surface area contributed by atoms with Crippen LogP contribution in [-0.2, 0) is 0 Å². The molecule has 0 saturated carbocycles. The summed E-state index contributed by atoms with van der Waals surface area (Å²) >= 11 is 1.82. The quantitative estimate of drug-likeness (QED) is 0.202. The highest BCUT2D eigenvalue weighted by molar-refractivity contribution is 8.00. The summed E-state index contributed by atoms with van der Waals surface area (Å²) in [6.45, 7) is 5.17. The molecule has 0 aromatic carbocycles. The second kappa shape index (κ2) is 18.1. The highest BCUT2D eigenvalue weighted by Gasteiger charge is 2.17. The normalized spacial score (nSPS) is 14.0. The molecule has 0 bridgehead atoms. The van der Waals surface area contributed by atoms with Gasteiger partial charge in [0, 0.05) is 12.3 Å². The van der Waals surface area contributed by atoms with Gasteiger partial charge in [-0.05, 0) is 13.3 Å². The third-order valence-electron chi connectivity index (χ3n) is 4.83. The van der Waals surface area contributed by atoms with Crippen molar-refractivity contribution < 1.29 is 0 Å². The van der Waals surface area contributed by atoms with Gasteiger partial charge in [-0.2, -0.15) is 0 Å². The van der Waals surface area contributed by atoms with Gasteiger partial charge in [0.05, 0.1) is 4.87 Å². The van der Waals surface area contributed by atoms with Crippen LogP contribution in [0.2, 0.25) is 0 Å². The lowest BCUT2D eigenvalue weighted by Gasteiger charge is -2.23. The Morgan fingerprint density at radius 2 is 1.04 bits per heavy atom. The van der Waals surface area contributed by atoms with Crippen molar-refractivity contribution in [2.75, 3.05) is 12.3 Å². The molecule has 0 aliphatic carbocycles. The molecule has 0 spiro atoms. The lowest BCUT2D eigenvalue weighted by molar-refractivity contribution is 0.511. The van der Waals surface area contributed by atoms with E-state index in [-0.39, 0.29) is 4.87 Å². The Hall–Kier alpha value is 0.270. The minimum Gasteiger partial charge on any atom is -0.330 e. The average molecular weight is 359 g/mol. The van der Waals surface area contributed by atoms with Crippen molar-refractivity contribution in [1.82, 2.24) is 0 Å². The average Bonchev–Trinajstić information content (AvgIpc) is 2.56. The van der Waals surface area contributed by atoms with Gasteiger partial charge < -0.3 is 11.5 Å². The van der Waals surface area contributed by atoms with Crippen molar-refractivity contribution in [2.45, 2.75) is 121 Å². The Labute approximate surface area is 157 Å². The summed E-state index contributed by atoms with van der Waals surface area (Å²) in [5.41, 5.74) is 11.8. The minimum atomic E-state index is -0.0735. The van der Waals surface area contributed by atoms with E-state index in [9.17, 15) is 0 Å². The molecule has 1 unspecified atom stereocenters. The van der Waals surface area contributed by atoms with E-state index in [0.29, 0.717) is 0 Å². The third-order valence-corrected chi connectivity index (χ3v) is 6.13. The van der Waals surface area contributed by atoms with E-state index in [0.717, 1.165) is 18.7 Å². The summed E-state index contributed by atoms with van der Waals surface area (Å²) in [5, 5.41) is 0. The van der Waals surface area contributed by atoms with Gasteiger partial charge in [-0.3, -0.25) is 0 Å². The zero-order valence-corrected chi connectivity index (χ0v) is 17.6. The SMILES string of the molecule is CCCCCCCCCCCCCCCCCC(C)(N)SCCN. The fourth-order valence-electron chi connectivity index (χ4n) is 3.21. The maximum Gasteiger partial charge on any atom is 0.0592 e. The summed E-state index contributed by atoms with van der Waals surface area (Å²) in [5.74, 6) is 0.978. The lowest BCUT2D eigenvalue weighted by Crippen LogP contribution is -2.33. The monoisotopic (exact) mass is 358 g/mol. The molecule has 0 fully saturated rings. The van der Waals surface area contributed by atoms with Crippen LogP contribution in [0.15, 0.2) is 0 Å². The van der Waals surface area contributed by atoms with Gasteiger partial charge in [0.25, 0.3) is 0 Å². The molecule has 4 N–H and O–H groups in total. The number of nitrogens with two attached hydrogens (primary N) is 2. The van der Waals surface area contributed by atoms with E-state index in [1.807, 2.05) is 11.8 Å². The minimum absolute atomic E-state index is 0.0735. The summed E-state index contributed by atoms with van der Waals surface area (Å²) < 4.78 is 0. The smallest absolute Gasteiger partial charge is 0.0592 e. The van der Waals surface area contributed by atoms with Gasteiger partial charge in [-0.25, -0.2) is 0 Å². The van der Waals surface area contributed by atoms with Crippen LogP contribution in [0.4, 0.5) is 0 Å². The topological polar surface area (TPSA) is 52.0 Å². The second-order valence-electron chi connectivity index (χ2n) is 7.65. The Kier molecular flexibility index (Phi) is 18.3. The number of hydrogen-bond donors (Lipinski definition) is 2. The molecule has 0 aromatic heterocycles. The predicted molar refractivity (Wildman–Crippen MR) is 114 cm³/mol. The predicted octanol–water partition coefficient (Wildman–Crippen LogP) is 6.61.